The van der Waals surface area contributed by atoms with E-state index in [1.54, 1.807) is 0 Å². The summed E-state index contributed by atoms with van der Waals surface area (Å²) in [5, 5.41) is 3.63. The highest BCUT2D eigenvalue weighted by atomic mass is 32.1. The van der Waals surface area contributed by atoms with Crippen molar-refractivity contribution >= 4 is 22.9 Å². The summed E-state index contributed by atoms with van der Waals surface area (Å²) < 4.78 is 0. The molecule has 98 valence electrons. The summed E-state index contributed by atoms with van der Waals surface area (Å²) in [4.78, 5) is 2.83. The fraction of sp³-hybridized carbons (Fsp3) is 0.500. The van der Waals surface area contributed by atoms with Gasteiger partial charge >= 0.3 is 0 Å². The summed E-state index contributed by atoms with van der Waals surface area (Å²) >= 11 is 5.13. The maximum absolute atomic E-state index is 5.79. The molecule has 0 radical (unpaired) electrons. The number of hydrogen-bond acceptors (Lipinski definition) is 3. The van der Waals surface area contributed by atoms with E-state index in [0.717, 1.165) is 24.3 Å². The van der Waals surface area contributed by atoms with Gasteiger partial charge in [0.2, 0.25) is 0 Å². The third kappa shape index (κ3) is 3.00. The van der Waals surface area contributed by atoms with E-state index < -0.39 is 0 Å². The Balaban J connectivity index is 2.15. The van der Waals surface area contributed by atoms with Gasteiger partial charge < -0.3 is 16.0 Å². The van der Waals surface area contributed by atoms with Crippen molar-refractivity contribution in [2.45, 2.75) is 25.8 Å². The minimum Gasteiger partial charge on any atom is -0.389 e. The van der Waals surface area contributed by atoms with Gasteiger partial charge in [-0.25, -0.2) is 0 Å². The Labute approximate surface area is 114 Å². The Morgan fingerprint density at radius 3 is 2.67 bits per heavy atom. The van der Waals surface area contributed by atoms with Gasteiger partial charge in [0.25, 0.3) is 0 Å². The predicted molar refractivity (Wildman–Crippen MR) is 81.2 cm³/mol. The molecule has 1 aromatic rings. The zero-order valence-corrected chi connectivity index (χ0v) is 11.9. The van der Waals surface area contributed by atoms with Gasteiger partial charge in [-0.15, -0.1) is 0 Å². The first kappa shape index (κ1) is 13.3. The molecule has 1 aliphatic rings. The molecule has 0 amide bonds. The number of rotatable bonds is 3. The lowest BCUT2D eigenvalue weighted by molar-refractivity contribution is 0.264. The quantitative estimate of drug-likeness (QED) is 0.820. The molecule has 1 aromatic carbocycles. The van der Waals surface area contributed by atoms with Crippen LogP contribution >= 0.6 is 12.2 Å². The van der Waals surface area contributed by atoms with Crippen LogP contribution < -0.4 is 11.1 Å². The molecular weight excluding hydrogens is 242 g/mol. The molecule has 0 aromatic heterocycles. The molecule has 0 saturated carbocycles. The first-order chi connectivity index (χ1) is 8.58. The molecule has 18 heavy (non-hydrogen) atoms. The van der Waals surface area contributed by atoms with Crippen LogP contribution in [0, 0.1) is 6.92 Å². The summed E-state index contributed by atoms with van der Waals surface area (Å²) in [5.74, 6) is 0. The SMILES string of the molecule is Cc1cccc(C(N)=S)c1NC1CCN(C)CC1. The van der Waals surface area contributed by atoms with Crippen molar-refractivity contribution in [1.29, 1.82) is 0 Å². The van der Waals surface area contributed by atoms with Gasteiger partial charge in [0, 0.05) is 17.3 Å². The summed E-state index contributed by atoms with van der Waals surface area (Å²) in [6.07, 6.45) is 2.34. The van der Waals surface area contributed by atoms with Crippen molar-refractivity contribution in [3.8, 4) is 0 Å². The molecule has 3 N–H and O–H groups in total. The first-order valence-corrected chi connectivity index (χ1v) is 6.83. The number of aryl methyl sites for hydroxylation is 1. The number of likely N-dealkylation sites (tertiary alicyclic amines) is 1. The smallest absolute Gasteiger partial charge is 0.106 e. The summed E-state index contributed by atoms with van der Waals surface area (Å²) in [6.45, 7) is 4.39. The number of piperidine rings is 1. The minimum absolute atomic E-state index is 0.467. The van der Waals surface area contributed by atoms with Gasteiger partial charge in [0.05, 0.1) is 0 Å². The molecule has 0 unspecified atom stereocenters. The van der Waals surface area contributed by atoms with Gasteiger partial charge in [-0.1, -0.05) is 24.4 Å². The number of benzene rings is 1. The molecular formula is C14H21N3S. The molecule has 1 fully saturated rings. The van der Waals surface area contributed by atoms with Crippen molar-refractivity contribution < 1.29 is 0 Å². The van der Waals surface area contributed by atoms with E-state index in [0.29, 0.717) is 11.0 Å². The number of para-hydroxylation sites is 1. The maximum atomic E-state index is 5.79. The standard InChI is InChI=1S/C14H21N3S/c1-10-4-3-5-12(14(15)18)13(10)16-11-6-8-17(2)9-7-11/h3-5,11,16H,6-9H2,1-2H3,(H2,15,18). The van der Waals surface area contributed by atoms with Crippen molar-refractivity contribution in [2.75, 3.05) is 25.5 Å². The number of nitrogens with two attached hydrogens (primary N) is 1. The highest BCUT2D eigenvalue weighted by molar-refractivity contribution is 7.80. The minimum atomic E-state index is 0.467. The Hall–Kier alpha value is -1.13. The third-order valence-electron chi connectivity index (χ3n) is 3.61. The Morgan fingerprint density at radius 1 is 1.39 bits per heavy atom. The van der Waals surface area contributed by atoms with Crippen molar-refractivity contribution in [3.05, 3.63) is 29.3 Å². The van der Waals surface area contributed by atoms with Gasteiger partial charge in [0.15, 0.2) is 0 Å². The zero-order valence-electron chi connectivity index (χ0n) is 11.1. The maximum Gasteiger partial charge on any atom is 0.106 e. The highest BCUT2D eigenvalue weighted by Crippen LogP contribution is 2.24. The van der Waals surface area contributed by atoms with E-state index in [1.807, 2.05) is 12.1 Å². The topological polar surface area (TPSA) is 41.3 Å². The van der Waals surface area contributed by atoms with Crippen molar-refractivity contribution in [1.82, 2.24) is 4.90 Å². The summed E-state index contributed by atoms with van der Waals surface area (Å²) in [7, 11) is 2.17. The lowest BCUT2D eigenvalue weighted by atomic mass is 10.0. The van der Waals surface area contributed by atoms with E-state index in [2.05, 4.69) is 30.3 Å². The third-order valence-corrected chi connectivity index (χ3v) is 3.83. The van der Waals surface area contributed by atoms with E-state index in [9.17, 15) is 0 Å². The second-order valence-corrected chi connectivity index (χ2v) is 5.52. The fourth-order valence-corrected chi connectivity index (χ4v) is 2.59. The van der Waals surface area contributed by atoms with Crippen LogP contribution in [0.1, 0.15) is 24.0 Å². The lowest BCUT2D eigenvalue weighted by Crippen LogP contribution is -2.37. The van der Waals surface area contributed by atoms with Gasteiger partial charge in [-0.05, 0) is 51.5 Å². The van der Waals surface area contributed by atoms with Crippen LogP contribution in [0.25, 0.3) is 0 Å². The average molecular weight is 263 g/mol. The van der Waals surface area contributed by atoms with Crippen LogP contribution in [-0.2, 0) is 0 Å². The van der Waals surface area contributed by atoms with Crippen LogP contribution in [0.4, 0.5) is 5.69 Å². The molecule has 1 heterocycles. The normalized spacial score (nSPS) is 17.7. The molecule has 3 nitrogen and oxygen atoms in total. The Bertz CT molecular complexity index is 437. The molecule has 0 aliphatic carbocycles. The number of anilines is 1. The van der Waals surface area contributed by atoms with Crippen LogP contribution in [0.5, 0.6) is 0 Å². The fourth-order valence-electron chi connectivity index (χ4n) is 2.42. The van der Waals surface area contributed by atoms with E-state index in [1.165, 1.54) is 18.4 Å². The average Bonchev–Trinajstić information content (AvgIpc) is 2.34. The van der Waals surface area contributed by atoms with Crippen molar-refractivity contribution in [3.63, 3.8) is 0 Å². The second-order valence-electron chi connectivity index (χ2n) is 5.08. The van der Waals surface area contributed by atoms with Gasteiger partial charge in [-0.3, -0.25) is 0 Å². The number of hydrogen-bond donors (Lipinski definition) is 2. The Kier molecular flexibility index (Phi) is 4.19. The molecule has 0 atom stereocenters. The molecule has 1 aliphatic heterocycles. The largest absolute Gasteiger partial charge is 0.389 e. The predicted octanol–water partition coefficient (Wildman–Crippen LogP) is 2.14. The first-order valence-electron chi connectivity index (χ1n) is 6.42. The number of nitrogens with one attached hydrogen (secondary N) is 1. The lowest BCUT2D eigenvalue weighted by Gasteiger charge is -2.31. The molecule has 1 saturated heterocycles. The number of thiocarbonyl (C=S) groups is 1. The number of nitrogens with zero attached hydrogens (tertiary/aromatic N) is 1. The molecule has 2 rings (SSSR count). The highest BCUT2D eigenvalue weighted by Gasteiger charge is 2.18. The van der Waals surface area contributed by atoms with Gasteiger partial charge in [0.1, 0.15) is 4.99 Å². The molecule has 0 bridgehead atoms. The van der Waals surface area contributed by atoms with Crippen LogP contribution in [0.3, 0.4) is 0 Å². The van der Waals surface area contributed by atoms with E-state index in [-0.39, 0.29) is 0 Å². The summed E-state index contributed by atoms with van der Waals surface area (Å²) in [6, 6.07) is 6.62. The van der Waals surface area contributed by atoms with Crippen LogP contribution in [0.2, 0.25) is 0 Å². The van der Waals surface area contributed by atoms with Crippen LogP contribution in [-0.4, -0.2) is 36.1 Å². The van der Waals surface area contributed by atoms with Gasteiger partial charge in [-0.2, -0.15) is 0 Å². The Morgan fingerprint density at radius 2 is 2.06 bits per heavy atom. The molecule has 0 spiro atoms. The van der Waals surface area contributed by atoms with Crippen molar-refractivity contribution in [2.24, 2.45) is 5.73 Å². The van der Waals surface area contributed by atoms with E-state index in [4.69, 9.17) is 18.0 Å². The molecule has 4 heteroatoms. The zero-order chi connectivity index (χ0) is 13.1. The summed E-state index contributed by atoms with van der Waals surface area (Å²) in [5.41, 5.74) is 9.07. The van der Waals surface area contributed by atoms with Crippen LogP contribution in [0.15, 0.2) is 18.2 Å². The van der Waals surface area contributed by atoms with E-state index >= 15 is 0 Å². The second kappa shape index (κ2) is 5.67. The monoisotopic (exact) mass is 263 g/mol.